The molecule has 2 rings (SSSR count). The van der Waals surface area contributed by atoms with Gasteiger partial charge < -0.3 is 10.5 Å². The lowest BCUT2D eigenvalue weighted by Gasteiger charge is -2.08. The molecule has 0 bridgehead atoms. The van der Waals surface area contributed by atoms with E-state index in [1.165, 1.54) is 16.4 Å². The Kier molecular flexibility index (Phi) is 4.08. The third kappa shape index (κ3) is 2.66. The number of hydrogen-bond acceptors (Lipinski definition) is 4. The van der Waals surface area contributed by atoms with E-state index in [1.54, 1.807) is 6.92 Å². The van der Waals surface area contributed by atoms with Crippen molar-refractivity contribution in [2.24, 2.45) is 0 Å². The summed E-state index contributed by atoms with van der Waals surface area (Å²) in [5.74, 6) is 0.310. The summed E-state index contributed by atoms with van der Waals surface area (Å²) in [7, 11) is 0. The fourth-order valence-electron chi connectivity index (χ4n) is 1.93. The normalized spacial score (nSPS) is 10.8. The number of nitrogen functional groups attached to an aromatic ring is 1. The molecule has 106 valence electrons. The van der Waals surface area contributed by atoms with E-state index in [4.69, 9.17) is 10.5 Å². The molecule has 2 N–H and O–H groups in total. The van der Waals surface area contributed by atoms with Crippen LogP contribution in [0, 0.1) is 0 Å². The van der Waals surface area contributed by atoms with Crippen LogP contribution in [0.2, 0.25) is 0 Å². The summed E-state index contributed by atoms with van der Waals surface area (Å²) in [6, 6.07) is 7.94. The summed E-state index contributed by atoms with van der Waals surface area (Å²) in [6.07, 6.45) is 1.43. The third-order valence-electron chi connectivity index (χ3n) is 3.11. The Balaban J connectivity index is 2.32. The Hall–Kier alpha value is -2.30. The van der Waals surface area contributed by atoms with Crippen LogP contribution in [0.15, 0.2) is 30.5 Å². The maximum atomic E-state index is 11.7. The first-order valence-corrected chi connectivity index (χ1v) is 6.65. The first-order valence-electron chi connectivity index (χ1n) is 6.65. The van der Waals surface area contributed by atoms with E-state index in [9.17, 15) is 4.79 Å². The number of rotatable bonds is 4. The zero-order chi connectivity index (χ0) is 14.7. The molecule has 5 heteroatoms. The van der Waals surface area contributed by atoms with Crippen molar-refractivity contribution in [3.63, 3.8) is 0 Å². The molecule has 1 aromatic carbocycles. The number of ether oxygens (including phenoxy) is 1. The third-order valence-corrected chi connectivity index (χ3v) is 3.11. The summed E-state index contributed by atoms with van der Waals surface area (Å²) in [6.45, 7) is 6.34. The van der Waals surface area contributed by atoms with Crippen molar-refractivity contribution in [2.75, 3.05) is 12.3 Å². The predicted octanol–water partition coefficient (Wildman–Crippen LogP) is 2.75. The Morgan fingerprint density at radius 1 is 1.35 bits per heavy atom. The topological polar surface area (TPSA) is 70.1 Å². The van der Waals surface area contributed by atoms with Crippen LogP contribution in [0.25, 0.3) is 5.69 Å². The number of aromatic nitrogens is 2. The second-order valence-electron chi connectivity index (χ2n) is 4.82. The van der Waals surface area contributed by atoms with Crippen molar-refractivity contribution in [2.45, 2.75) is 26.7 Å². The second-order valence-corrected chi connectivity index (χ2v) is 4.82. The number of hydrogen-bond donors (Lipinski definition) is 1. The maximum absolute atomic E-state index is 11.7. The van der Waals surface area contributed by atoms with Gasteiger partial charge in [0.15, 0.2) is 0 Å². The van der Waals surface area contributed by atoms with Crippen molar-refractivity contribution in [1.82, 2.24) is 9.78 Å². The molecule has 0 spiro atoms. The second kappa shape index (κ2) is 5.77. The minimum Gasteiger partial charge on any atom is -0.462 e. The molecule has 0 fully saturated rings. The molecule has 20 heavy (non-hydrogen) atoms. The van der Waals surface area contributed by atoms with E-state index < -0.39 is 5.97 Å². The lowest BCUT2D eigenvalue weighted by Crippen LogP contribution is -2.09. The summed E-state index contributed by atoms with van der Waals surface area (Å²) in [5.41, 5.74) is 8.32. The van der Waals surface area contributed by atoms with Gasteiger partial charge in [-0.25, -0.2) is 9.48 Å². The molecule has 1 aromatic heterocycles. The van der Waals surface area contributed by atoms with Gasteiger partial charge in [-0.15, -0.1) is 0 Å². The Bertz CT molecular complexity index is 600. The number of nitrogens with two attached hydrogens (primary N) is 1. The summed E-state index contributed by atoms with van der Waals surface area (Å²) in [4.78, 5) is 11.7. The molecular weight excluding hydrogens is 254 g/mol. The van der Waals surface area contributed by atoms with E-state index in [-0.39, 0.29) is 0 Å². The molecule has 0 radical (unpaired) electrons. The van der Waals surface area contributed by atoms with Crippen LogP contribution >= 0.6 is 0 Å². The number of anilines is 1. The van der Waals surface area contributed by atoms with Crippen LogP contribution in [-0.4, -0.2) is 22.4 Å². The Morgan fingerprint density at radius 3 is 2.55 bits per heavy atom. The molecule has 1 heterocycles. The molecule has 2 aromatic rings. The number of carbonyl (C=O) groups excluding carboxylic acids is 1. The molecule has 0 aliphatic heterocycles. The molecule has 0 amide bonds. The number of carbonyl (C=O) groups is 1. The van der Waals surface area contributed by atoms with E-state index in [0.717, 1.165) is 5.69 Å². The summed E-state index contributed by atoms with van der Waals surface area (Å²) < 4.78 is 6.47. The Labute approximate surface area is 118 Å². The van der Waals surface area contributed by atoms with Crippen molar-refractivity contribution >= 4 is 11.8 Å². The van der Waals surface area contributed by atoms with Crippen LogP contribution in [0.4, 0.5) is 5.82 Å². The SMILES string of the molecule is CCOC(=O)c1cnn(-c2ccc(C(C)C)cc2)c1N. The van der Waals surface area contributed by atoms with Gasteiger partial charge >= 0.3 is 5.97 Å². The van der Waals surface area contributed by atoms with Gasteiger partial charge in [-0.3, -0.25) is 0 Å². The molecule has 0 unspecified atom stereocenters. The first-order chi connectivity index (χ1) is 9.54. The number of nitrogens with zero attached hydrogens (tertiary/aromatic N) is 2. The van der Waals surface area contributed by atoms with E-state index in [0.29, 0.717) is 23.9 Å². The highest BCUT2D eigenvalue weighted by Crippen LogP contribution is 2.20. The van der Waals surface area contributed by atoms with Gasteiger partial charge in [-0.1, -0.05) is 26.0 Å². The molecular formula is C15H19N3O2. The predicted molar refractivity (Wildman–Crippen MR) is 78.0 cm³/mol. The Morgan fingerprint density at radius 2 is 2.00 bits per heavy atom. The largest absolute Gasteiger partial charge is 0.462 e. The van der Waals surface area contributed by atoms with Crippen LogP contribution < -0.4 is 5.73 Å². The number of benzene rings is 1. The minimum atomic E-state index is -0.449. The highest BCUT2D eigenvalue weighted by molar-refractivity contribution is 5.94. The molecule has 0 saturated carbocycles. The monoisotopic (exact) mass is 273 g/mol. The van der Waals surface area contributed by atoms with Crippen molar-refractivity contribution in [3.05, 3.63) is 41.6 Å². The molecule has 0 aliphatic rings. The van der Waals surface area contributed by atoms with Gasteiger partial charge in [-0.05, 0) is 30.5 Å². The van der Waals surface area contributed by atoms with E-state index in [2.05, 4.69) is 18.9 Å². The highest BCUT2D eigenvalue weighted by Gasteiger charge is 2.16. The van der Waals surface area contributed by atoms with Crippen LogP contribution in [0.5, 0.6) is 0 Å². The lowest BCUT2D eigenvalue weighted by molar-refractivity contribution is 0.0527. The molecule has 5 nitrogen and oxygen atoms in total. The van der Waals surface area contributed by atoms with Crippen LogP contribution in [0.3, 0.4) is 0 Å². The van der Waals surface area contributed by atoms with Crippen LogP contribution in [-0.2, 0) is 4.74 Å². The van der Waals surface area contributed by atoms with Gasteiger partial charge in [0.1, 0.15) is 11.4 Å². The van der Waals surface area contributed by atoms with Crippen molar-refractivity contribution in [1.29, 1.82) is 0 Å². The smallest absolute Gasteiger partial charge is 0.343 e. The quantitative estimate of drug-likeness (QED) is 0.869. The first kappa shape index (κ1) is 14.1. The molecule has 0 atom stereocenters. The fraction of sp³-hybridized carbons (Fsp3) is 0.333. The van der Waals surface area contributed by atoms with Gasteiger partial charge in [0.05, 0.1) is 18.5 Å². The van der Waals surface area contributed by atoms with Gasteiger partial charge in [0.2, 0.25) is 0 Å². The highest BCUT2D eigenvalue weighted by atomic mass is 16.5. The molecule has 0 saturated heterocycles. The minimum absolute atomic E-state index is 0.291. The zero-order valence-electron chi connectivity index (χ0n) is 12.0. The van der Waals surface area contributed by atoms with E-state index >= 15 is 0 Å². The van der Waals surface area contributed by atoms with Crippen LogP contribution in [0.1, 0.15) is 42.6 Å². The zero-order valence-corrected chi connectivity index (χ0v) is 12.0. The van der Waals surface area contributed by atoms with Gasteiger partial charge in [0, 0.05) is 0 Å². The van der Waals surface area contributed by atoms with Gasteiger partial charge in [-0.2, -0.15) is 5.10 Å². The van der Waals surface area contributed by atoms with E-state index in [1.807, 2.05) is 24.3 Å². The van der Waals surface area contributed by atoms with Gasteiger partial charge in [0.25, 0.3) is 0 Å². The average molecular weight is 273 g/mol. The van der Waals surface area contributed by atoms with Crippen molar-refractivity contribution < 1.29 is 9.53 Å². The lowest BCUT2D eigenvalue weighted by atomic mass is 10.0. The summed E-state index contributed by atoms with van der Waals surface area (Å²) >= 11 is 0. The fourth-order valence-corrected chi connectivity index (χ4v) is 1.93. The number of esters is 1. The summed E-state index contributed by atoms with van der Waals surface area (Å²) in [5, 5.41) is 4.15. The average Bonchev–Trinajstić information content (AvgIpc) is 2.81. The van der Waals surface area contributed by atoms with Crippen molar-refractivity contribution in [3.8, 4) is 5.69 Å². The maximum Gasteiger partial charge on any atom is 0.343 e. The molecule has 0 aliphatic carbocycles. The standard InChI is InChI=1S/C15H19N3O2/c1-4-20-15(19)13-9-17-18(14(13)16)12-7-5-11(6-8-12)10(2)3/h5-10H,4,16H2,1-3H3.